The van der Waals surface area contributed by atoms with Crippen molar-refractivity contribution in [3.05, 3.63) is 0 Å². The van der Waals surface area contributed by atoms with Crippen LogP contribution in [0.3, 0.4) is 0 Å². The second-order valence-corrected chi connectivity index (χ2v) is 13.1. The molecule has 0 N–H and O–H groups in total. The minimum Gasteiger partial charge on any atom is -0.329 e. The monoisotopic (exact) mass is 398 g/mol. The second-order valence-electron chi connectivity index (χ2n) is 6.13. The molecule has 0 aromatic rings. The molecule has 0 aliphatic carbocycles. The van der Waals surface area contributed by atoms with Crippen molar-refractivity contribution < 1.29 is 31.6 Å². The van der Waals surface area contributed by atoms with Crippen molar-refractivity contribution in [3.63, 3.8) is 0 Å². The summed E-state index contributed by atoms with van der Waals surface area (Å²) in [6.07, 6.45) is 0. The van der Waals surface area contributed by atoms with Crippen LogP contribution in [0.1, 0.15) is 41.5 Å². The fraction of sp³-hybridized carbons (Fsp3) is 0.750. The zero-order valence-corrected chi connectivity index (χ0v) is 19.8. The number of hydrogen-bond donors (Lipinski definition) is 0. The fourth-order valence-corrected chi connectivity index (χ4v) is 8.37. The van der Waals surface area contributed by atoms with Gasteiger partial charge in [0, 0.05) is 17.8 Å². The summed E-state index contributed by atoms with van der Waals surface area (Å²) in [6, 6.07) is 0. The van der Waals surface area contributed by atoms with Crippen LogP contribution in [0.15, 0.2) is 0 Å². The van der Waals surface area contributed by atoms with Gasteiger partial charge in [-0.1, -0.05) is 41.5 Å². The van der Waals surface area contributed by atoms with Crippen LogP contribution >= 0.6 is 7.82 Å². The van der Waals surface area contributed by atoms with Crippen LogP contribution in [0.25, 0.3) is 0 Å². The van der Waals surface area contributed by atoms with Crippen molar-refractivity contribution in [1.29, 1.82) is 0 Å². The Morgan fingerprint density at radius 1 is 0.652 bits per heavy atom. The Kier molecular flexibility index (Phi) is 10.5. The first kappa shape index (κ1) is 22.8. The zero-order valence-electron chi connectivity index (χ0n) is 14.7. The van der Waals surface area contributed by atoms with Crippen molar-refractivity contribution in [2.75, 3.05) is 0 Å². The van der Waals surface area contributed by atoms with Crippen molar-refractivity contribution >= 4 is 53.3 Å². The van der Waals surface area contributed by atoms with E-state index in [9.17, 15) is 18.9 Å². The quantitative estimate of drug-likeness (QED) is 0.336. The van der Waals surface area contributed by atoms with E-state index in [-0.39, 0.29) is 34.0 Å². The molecule has 0 rings (SSSR count). The molecule has 23 heavy (non-hydrogen) atoms. The van der Waals surface area contributed by atoms with Gasteiger partial charge in [-0.2, -0.15) is 0 Å². The van der Waals surface area contributed by atoms with Crippen LogP contribution in [-0.2, 0) is 31.6 Å². The molecule has 0 radical (unpaired) electrons. The molecule has 0 atom stereocenters. The first-order chi connectivity index (χ1) is 10.5. The van der Waals surface area contributed by atoms with Gasteiger partial charge in [0.15, 0.2) is 0 Å². The summed E-state index contributed by atoms with van der Waals surface area (Å²) in [6.45, 7) is 10.3. The van der Waals surface area contributed by atoms with Gasteiger partial charge in [-0.05, 0) is 0 Å². The lowest BCUT2D eigenvalue weighted by Crippen LogP contribution is -2.24. The maximum absolute atomic E-state index is 12.6. The van der Waals surface area contributed by atoms with Gasteiger partial charge in [0.05, 0.1) is 0 Å². The molecule has 0 aromatic heterocycles. The summed E-state index contributed by atoms with van der Waals surface area (Å²) in [5.41, 5.74) is 0. The molecule has 0 bridgehead atoms. The first-order valence-corrected chi connectivity index (χ1v) is 12.9. The topological polar surface area (TPSA) is 96.0 Å². The maximum atomic E-state index is 12.6. The van der Waals surface area contributed by atoms with Gasteiger partial charge in [-0.3, -0.25) is 0 Å². The Labute approximate surface area is 144 Å². The minimum absolute atomic E-state index is 0.119. The Balaban J connectivity index is 4.82. The van der Waals surface area contributed by atoms with E-state index in [1.54, 1.807) is 41.5 Å². The largest absolute Gasteiger partial charge is 0.444 e. The lowest BCUT2D eigenvalue weighted by atomic mass is 10.3. The number of carbonyl (C=O) groups excluding carboxylic acids is 3. The predicted molar refractivity (Wildman–Crippen MR) is 96.0 cm³/mol. The van der Waals surface area contributed by atoms with Gasteiger partial charge in [0.25, 0.3) is 0 Å². The first-order valence-electron chi connectivity index (χ1n) is 7.60. The third-order valence-corrected chi connectivity index (χ3v) is 11.7. The van der Waals surface area contributed by atoms with Gasteiger partial charge in [0.2, 0.25) is 29.3 Å². The van der Waals surface area contributed by atoms with E-state index in [1.807, 2.05) is 0 Å². The molecule has 0 aliphatic heterocycles. The van der Waals surface area contributed by atoms with Gasteiger partial charge >= 0.3 is 7.82 Å². The lowest BCUT2D eigenvalue weighted by Gasteiger charge is -2.19. The highest BCUT2D eigenvalue weighted by molar-refractivity contribution is 7.52. The van der Waals surface area contributed by atoms with E-state index in [0.29, 0.717) is 0 Å². The molecule has 0 fully saturated rings. The van der Waals surface area contributed by atoms with Gasteiger partial charge in [-0.25, -0.2) is 4.57 Å². The third kappa shape index (κ3) is 9.60. The fourth-order valence-electron chi connectivity index (χ4n) is 1.04. The van der Waals surface area contributed by atoms with E-state index >= 15 is 0 Å². The summed E-state index contributed by atoms with van der Waals surface area (Å²) in [5.74, 6) is -0.669. The molecule has 0 heterocycles. The van der Waals surface area contributed by atoms with Crippen molar-refractivity contribution in [3.8, 4) is 0 Å². The molecular weight excluding hydrogens is 371 g/mol. The summed E-state index contributed by atoms with van der Waals surface area (Å²) in [4.78, 5) is 35.0. The van der Waals surface area contributed by atoms with Crippen LogP contribution in [0.4, 0.5) is 0 Å². The zero-order chi connectivity index (χ0) is 18.2. The highest BCUT2D eigenvalue weighted by Gasteiger charge is 2.30. The number of hydrogen-bond acceptors (Lipinski definition) is 7. The molecule has 0 aromatic carbocycles. The Morgan fingerprint density at radius 2 is 0.870 bits per heavy atom. The molecule has 0 unspecified atom stereocenters. The SMILES string of the molecule is CC(C)C(=O)[SiH2]OP(=O)(O[SiH2]C(=O)C(C)C)O[SiH2]C(=O)C(C)C. The van der Waals surface area contributed by atoms with Gasteiger partial charge in [-0.15, -0.1) is 0 Å². The summed E-state index contributed by atoms with van der Waals surface area (Å²) in [5, 5.41) is -0.358. The van der Waals surface area contributed by atoms with Crippen LogP contribution in [-0.4, -0.2) is 45.5 Å². The molecule has 11 heteroatoms. The smallest absolute Gasteiger partial charge is 0.329 e. The third-order valence-electron chi connectivity index (χ3n) is 3.03. The summed E-state index contributed by atoms with van der Waals surface area (Å²) in [7, 11) is -9.30. The standard InChI is InChI=1S/C12H27O7PSi3/c1-7(2)10(13)21-17-20(16,18-22-11(14)8(3)4)19-23-12(15)9(5)6/h7-9H,21-23H2,1-6H3. The van der Waals surface area contributed by atoms with E-state index in [4.69, 9.17) is 12.6 Å². The van der Waals surface area contributed by atoms with E-state index in [0.717, 1.165) is 0 Å². The Bertz CT molecular complexity index is 413. The lowest BCUT2D eigenvalue weighted by molar-refractivity contribution is -0.115. The number of rotatable bonds is 12. The van der Waals surface area contributed by atoms with Gasteiger partial charge < -0.3 is 27.0 Å². The van der Waals surface area contributed by atoms with Crippen LogP contribution in [0, 0.1) is 17.8 Å². The van der Waals surface area contributed by atoms with E-state index < -0.39 is 37.1 Å². The molecule has 0 saturated carbocycles. The molecule has 0 amide bonds. The summed E-state index contributed by atoms with van der Waals surface area (Å²) < 4.78 is 28.1. The molecule has 134 valence electrons. The minimum atomic E-state index is -3.98. The Morgan fingerprint density at radius 3 is 1.04 bits per heavy atom. The van der Waals surface area contributed by atoms with E-state index in [2.05, 4.69) is 0 Å². The normalized spacial score (nSPS) is 15.9. The summed E-state index contributed by atoms with van der Waals surface area (Å²) >= 11 is 0. The molecular formula is C12H27O7PSi3. The Hall–Kier alpha value is -0.229. The average Bonchev–Trinajstić information content (AvgIpc) is 2.47. The highest BCUT2D eigenvalue weighted by Crippen LogP contribution is 2.48. The van der Waals surface area contributed by atoms with Crippen LogP contribution in [0.2, 0.25) is 0 Å². The van der Waals surface area contributed by atoms with Crippen LogP contribution in [0.5, 0.6) is 0 Å². The molecule has 0 spiro atoms. The molecule has 7 nitrogen and oxygen atoms in total. The maximum Gasteiger partial charge on any atom is 0.444 e. The number of phosphoric acid groups is 1. The predicted octanol–water partition coefficient (Wildman–Crippen LogP) is -0.0565. The van der Waals surface area contributed by atoms with Crippen molar-refractivity contribution in [2.24, 2.45) is 17.8 Å². The van der Waals surface area contributed by atoms with Crippen LogP contribution < -0.4 is 0 Å². The second kappa shape index (κ2) is 10.6. The van der Waals surface area contributed by atoms with Crippen molar-refractivity contribution in [1.82, 2.24) is 0 Å². The number of carbonyl (C=O) groups is 3. The van der Waals surface area contributed by atoms with Crippen molar-refractivity contribution in [2.45, 2.75) is 41.5 Å². The molecule has 0 saturated heterocycles. The van der Waals surface area contributed by atoms with Gasteiger partial charge in [0.1, 0.15) is 16.2 Å². The average molecular weight is 399 g/mol. The molecule has 0 aliphatic rings. The highest BCUT2D eigenvalue weighted by atomic mass is 31.2. The van der Waals surface area contributed by atoms with E-state index in [1.165, 1.54) is 0 Å².